The molecule has 4 aromatic heterocycles. The van der Waals surface area contributed by atoms with Crippen molar-refractivity contribution in [3.8, 4) is 0 Å². The number of nitrogen functional groups attached to an aromatic ring is 1. The number of nitrogens with two attached hydrogens (primary N) is 1. The highest BCUT2D eigenvalue weighted by Crippen LogP contribution is 2.28. The predicted molar refractivity (Wildman–Crippen MR) is 148 cm³/mol. The van der Waals surface area contributed by atoms with E-state index in [1.54, 1.807) is 41.5 Å². The normalized spacial score (nSPS) is 15.1. The van der Waals surface area contributed by atoms with E-state index in [2.05, 4.69) is 59.7 Å². The van der Waals surface area contributed by atoms with Crippen LogP contribution in [0, 0.1) is 6.92 Å². The number of hydrogen-bond donors (Lipinski definition) is 4. The van der Waals surface area contributed by atoms with Crippen molar-refractivity contribution in [3.63, 3.8) is 0 Å². The third kappa shape index (κ3) is 5.35. The second-order valence-electron chi connectivity index (χ2n) is 10.1. The minimum absolute atomic E-state index is 0.153. The van der Waals surface area contributed by atoms with Gasteiger partial charge in [0.2, 0.25) is 5.95 Å². The maximum atomic E-state index is 12.9. The summed E-state index contributed by atoms with van der Waals surface area (Å²) in [6.45, 7) is 8.87. The van der Waals surface area contributed by atoms with Crippen molar-refractivity contribution < 1.29 is 4.79 Å². The van der Waals surface area contributed by atoms with Crippen LogP contribution in [0.4, 0.5) is 29.0 Å². The fourth-order valence-corrected chi connectivity index (χ4v) is 4.69. The summed E-state index contributed by atoms with van der Waals surface area (Å²) in [4.78, 5) is 32.8. The first-order chi connectivity index (χ1) is 18.2. The van der Waals surface area contributed by atoms with Gasteiger partial charge in [-0.2, -0.15) is 10.1 Å². The van der Waals surface area contributed by atoms with Crippen LogP contribution in [-0.4, -0.2) is 65.7 Å². The number of aromatic nitrogens is 6. The van der Waals surface area contributed by atoms with Crippen LogP contribution in [-0.2, 0) is 7.05 Å². The molecular weight excluding hydrogens is 482 g/mol. The van der Waals surface area contributed by atoms with E-state index < -0.39 is 0 Å². The van der Waals surface area contributed by atoms with Crippen LogP contribution >= 0.6 is 0 Å². The molecule has 4 aromatic rings. The van der Waals surface area contributed by atoms with E-state index >= 15 is 0 Å². The highest BCUT2D eigenvalue weighted by Gasteiger charge is 2.31. The molecule has 0 spiro atoms. The summed E-state index contributed by atoms with van der Waals surface area (Å²) in [5.74, 6) is 1.26. The third-order valence-electron chi connectivity index (χ3n) is 6.96. The molecule has 0 aliphatic carbocycles. The zero-order valence-electron chi connectivity index (χ0n) is 22.1. The molecule has 1 aliphatic rings. The molecule has 198 valence electrons. The third-order valence-corrected chi connectivity index (χ3v) is 6.96. The fourth-order valence-electron chi connectivity index (χ4n) is 4.69. The van der Waals surface area contributed by atoms with Gasteiger partial charge in [0.05, 0.1) is 34.2 Å². The summed E-state index contributed by atoms with van der Waals surface area (Å²) in [6.07, 6.45) is 7.29. The lowest BCUT2D eigenvalue weighted by molar-refractivity contribution is 0.0940. The zero-order chi connectivity index (χ0) is 26.9. The number of anilines is 5. The Morgan fingerprint density at radius 1 is 1.13 bits per heavy atom. The van der Waals surface area contributed by atoms with Gasteiger partial charge in [0.1, 0.15) is 5.82 Å². The number of carbonyl (C=O) groups is 1. The van der Waals surface area contributed by atoms with Crippen LogP contribution in [0.3, 0.4) is 0 Å². The average Bonchev–Trinajstić information content (AvgIpc) is 3.39. The van der Waals surface area contributed by atoms with Gasteiger partial charge in [-0.05, 0) is 58.4 Å². The molecule has 5 heterocycles. The van der Waals surface area contributed by atoms with E-state index in [1.165, 1.54) is 12.8 Å². The van der Waals surface area contributed by atoms with Crippen molar-refractivity contribution in [2.24, 2.45) is 7.05 Å². The summed E-state index contributed by atoms with van der Waals surface area (Å²) in [5.41, 5.74) is 9.12. The molecule has 1 aliphatic heterocycles. The van der Waals surface area contributed by atoms with E-state index in [1.807, 2.05) is 14.0 Å². The predicted octanol–water partition coefficient (Wildman–Crippen LogP) is 3.14. The van der Waals surface area contributed by atoms with Crippen LogP contribution in [0.2, 0.25) is 0 Å². The van der Waals surface area contributed by atoms with Gasteiger partial charge in [-0.15, -0.1) is 0 Å². The first-order valence-electron chi connectivity index (χ1n) is 12.6. The van der Waals surface area contributed by atoms with Gasteiger partial charge < -0.3 is 21.7 Å². The highest BCUT2D eigenvalue weighted by molar-refractivity contribution is 5.96. The maximum absolute atomic E-state index is 12.9. The van der Waals surface area contributed by atoms with E-state index in [0.717, 1.165) is 29.9 Å². The van der Waals surface area contributed by atoms with Crippen molar-refractivity contribution in [1.29, 1.82) is 0 Å². The Morgan fingerprint density at radius 3 is 2.71 bits per heavy atom. The van der Waals surface area contributed by atoms with Crippen molar-refractivity contribution in [2.45, 2.75) is 39.2 Å². The van der Waals surface area contributed by atoms with Gasteiger partial charge >= 0.3 is 0 Å². The molecule has 12 nitrogen and oxygen atoms in total. The number of hydrogen-bond acceptors (Lipinski definition) is 10. The van der Waals surface area contributed by atoms with Crippen molar-refractivity contribution >= 4 is 45.9 Å². The van der Waals surface area contributed by atoms with Crippen LogP contribution in [0.25, 0.3) is 11.0 Å². The van der Waals surface area contributed by atoms with E-state index in [-0.39, 0.29) is 11.4 Å². The number of pyridine rings is 2. The molecule has 1 fully saturated rings. The molecule has 0 atom stereocenters. The van der Waals surface area contributed by atoms with Gasteiger partial charge in [0, 0.05) is 38.1 Å². The molecule has 1 saturated heterocycles. The Morgan fingerprint density at radius 2 is 1.97 bits per heavy atom. The smallest absolute Gasteiger partial charge is 0.252 e. The second kappa shape index (κ2) is 10.2. The molecule has 0 radical (unpaired) electrons. The van der Waals surface area contributed by atoms with Crippen molar-refractivity contribution in [1.82, 2.24) is 39.9 Å². The van der Waals surface area contributed by atoms with E-state index in [4.69, 9.17) is 5.73 Å². The van der Waals surface area contributed by atoms with Crippen LogP contribution in [0.1, 0.15) is 42.7 Å². The van der Waals surface area contributed by atoms with Crippen LogP contribution < -0.4 is 21.7 Å². The maximum Gasteiger partial charge on any atom is 0.252 e. The number of amides is 1. The average molecular weight is 516 g/mol. The van der Waals surface area contributed by atoms with E-state index in [0.29, 0.717) is 41.0 Å². The Bertz CT molecular complexity index is 1460. The number of fused-ring (bicyclic) bond motifs is 1. The molecule has 5 N–H and O–H groups in total. The molecule has 0 bridgehead atoms. The molecule has 1 amide bonds. The number of rotatable bonds is 8. The molecule has 0 unspecified atom stereocenters. The van der Waals surface area contributed by atoms with Gasteiger partial charge in [0.25, 0.3) is 5.91 Å². The van der Waals surface area contributed by atoms with Gasteiger partial charge in [-0.3, -0.25) is 14.7 Å². The SMILES string of the molecule is Cc1ncc(C(=O)NCCN2CCCC2(C)C)cc1Nc1nn(C)c2nc(Nc3ccc(N)nc3)ncc12. The molecule has 5 rings (SSSR count). The highest BCUT2D eigenvalue weighted by atomic mass is 16.1. The Balaban J connectivity index is 1.29. The van der Waals surface area contributed by atoms with Gasteiger partial charge in [-0.25, -0.2) is 14.6 Å². The number of carbonyl (C=O) groups excluding carboxylic acids is 1. The fraction of sp³-hybridized carbons (Fsp3) is 0.385. The Labute approximate surface area is 221 Å². The minimum atomic E-state index is -0.153. The topological polar surface area (TPSA) is 152 Å². The van der Waals surface area contributed by atoms with Crippen LogP contribution in [0.5, 0.6) is 0 Å². The number of nitrogens with one attached hydrogen (secondary N) is 3. The zero-order valence-corrected chi connectivity index (χ0v) is 22.1. The lowest BCUT2D eigenvalue weighted by atomic mass is 10.0. The van der Waals surface area contributed by atoms with Crippen molar-refractivity contribution in [2.75, 3.05) is 36.0 Å². The van der Waals surface area contributed by atoms with Crippen molar-refractivity contribution in [3.05, 3.63) is 48.0 Å². The summed E-state index contributed by atoms with van der Waals surface area (Å²) in [6, 6.07) is 5.30. The largest absolute Gasteiger partial charge is 0.384 e. The molecule has 0 aromatic carbocycles. The summed E-state index contributed by atoms with van der Waals surface area (Å²) in [7, 11) is 1.81. The number of nitrogens with zero attached hydrogens (tertiary/aromatic N) is 7. The van der Waals surface area contributed by atoms with Gasteiger partial charge in [0.15, 0.2) is 11.5 Å². The molecule has 38 heavy (non-hydrogen) atoms. The first kappa shape index (κ1) is 25.3. The summed E-state index contributed by atoms with van der Waals surface area (Å²) >= 11 is 0. The molecular formula is C26H33N11O. The number of aryl methyl sites for hydroxylation is 2. The van der Waals surface area contributed by atoms with Gasteiger partial charge in [-0.1, -0.05) is 0 Å². The van der Waals surface area contributed by atoms with Crippen LogP contribution in [0.15, 0.2) is 36.8 Å². The lowest BCUT2D eigenvalue weighted by Gasteiger charge is -2.31. The quantitative estimate of drug-likeness (QED) is 0.275. The molecule has 0 saturated carbocycles. The van der Waals surface area contributed by atoms with E-state index in [9.17, 15) is 4.79 Å². The second-order valence-corrected chi connectivity index (χ2v) is 10.1. The number of likely N-dealkylation sites (tertiary alicyclic amines) is 1. The summed E-state index contributed by atoms with van der Waals surface area (Å²) < 4.78 is 1.67. The monoisotopic (exact) mass is 515 g/mol. The minimum Gasteiger partial charge on any atom is -0.384 e. The Hall–Kier alpha value is -4.32. The molecule has 12 heteroatoms. The standard InChI is InChI=1S/C26H33N11O/c1-16-20(12-17(13-29-16)24(38)28-9-11-37-10-5-8-26(37,2)3)33-22-19-15-31-25(34-23(19)36(4)35-22)32-18-6-7-21(27)30-14-18/h6-7,12-15H,5,8-11H2,1-4H3,(H2,27,30)(H,28,38)(H,33,35)(H,31,32,34). The first-order valence-corrected chi connectivity index (χ1v) is 12.6. The lowest BCUT2D eigenvalue weighted by Crippen LogP contribution is -2.43. The summed E-state index contributed by atoms with van der Waals surface area (Å²) in [5, 5.41) is 14.8. The Kier molecular flexibility index (Phi) is 6.81.